The van der Waals surface area contributed by atoms with Crippen LogP contribution in [0, 0.1) is 0 Å². The molecule has 6 nitrogen and oxygen atoms in total. The lowest BCUT2D eigenvalue weighted by molar-refractivity contribution is -0.150. The van der Waals surface area contributed by atoms with Crippen LogP contribution in [0.5, 0.6) is 0 Å². The predicted molar refractivity (Wildman–Crippen MR) is 108 cm³/mol. The highest BCUT2D eigenvalue weighted by molar-refractivity contribution is 5.95. The monoisotopic (exact) mass is 388 g/mol. The van der Waals surface area contributed by atoms with Crippen LogP contribution >= 0.6 is 0 Å². The van der Waals surface area contributed by atoms with E-state index >= 15 is 0 Å². The van der Waals surface area contributed by atoms with Crippen LogP contribution in [0.1, 0.15) is 64.4 Å². The Kier molecular flexibility index (Phi) is 8.03. The standard InChI is InChI=1S/C22H32N2O4/c1-3-4-5-6-10-13-19(25)23-22(2)14-15-24(21(22)28)18(20(26)27)16-17-11-8-7-9-12-17/h7-9,11-12,18H,3-6,10,13-16H2,1-2H3,(H,23,25)(H,26,27)/t18-,22-/m0/s1. The van der Waals surface area contributed by atoms with Crippen molar-refractivity contribution < 1.29 is 19.5 Å². The first-order valence-electron chi connectivity index (χ1n) is 10.3. The highest BCUT2D eigenvalue weighted by Crippen LogP contribution is 2.26. The second-order valence-electron chi connectivity index (χ2n) is 7.84. The summed E-state index contributed by atoms with van der Waals surface area (Å²) in [6.45, 7) is 4.18. The number of carbonyl (C=O) groups excluding carboxylic acids is 2. The fourth-order valence-corrected chi connectivity index (χ4v) is 3.71. The third kappa shape index (κ3) is 5.81. The first-order chi connectivity index (χ1) is 13.4. The summed E-state index contributed by atoms with van der Waals surface area (Å²) in [6, 6.07) is 8.36. The summed E-state index contributed by atoms with van der Waals surface area (Å²) in [4.78, 5) is 38.5. The molecule has 1 aliphatic rings. The normalized spacial score (nSPS) is 20.2. The largest absolute Gasteiger partial charge is 0.480 e. The number of carboxylic acid groups (broad SMARTS) is 1. The summed E-state index contributed by atoms with van der Waals surface area (Å²) in [5, 5.41) is 12.5. The van der Waals surface area contributed by atoms with E-state index in [1.807, 2.05) is 30.3 Å². The number of carbonyl (C=O) groups is 3. The number of carboxylic acids is 1. The zero-order valence-electron chi connectivity index (χ0n) is 16.9. The van der Waals surface area contributed by atoms with E-state index in [0.29, 0.717) is 19.4 Å². The van der Waals surface area contributed by atoms with Crippen LogP contribution in [0.15, 0.2) is 30.3 Å². The van der Waals surface area contributed by atoms with Gasteiger partial charge in [0.2, 0.25) is 11.8 Å². The summed E-state index contributed by atoms with van der Waals surface area (Å²) in [6.07, 6.45) is 6.34. The van der Waals surface area contributed by atoms with E-state index in [1.165, 1.54) is 11.3 Å². The van der Waals surface area contributed by atoms with Crippen molar-refractivity contribution in [3.63, 3.8) is 0 Å². The van der Waals surface area contributed by atoms with Gasteiger partial charge >= 0.3 is 5.97 Å². The summed E-state index contributed by atoms with van der Waals surface area (Å²) < 4.78 is 0. The average molecular weight is 389 g/mol. The lowest BCUT2D eigenvalue weighted by Gasteiger charge is -2.28. The summed E-state index contributed by atoms with van der Waals surface area (Å²) in [5.74, 6) is -1.47. The number of nitrogens with zero attached hydrogens (tertiary/aromatic N) is 1. The molecule has 1 aromatic rings. The van der Waals surface area contributed by atoms with E-state index in [0.717, 1.165) is 31.2 Å². The van der Waals surface area contributed by atoms with Gasteiger partial charge in [-0.25, -0.2) is 4.79 Å². The molecule has 1 heterocycles. The van der Waals surface area contributed by atoms with E-state index in [2.05, 4.69) is 12.2 Å². The molecule has 154 valence electrons. The number of benzene rings is 1. The lowest BCUT2D eigenvalue weighted by atomic mass is 9.99. The van der Waals surface area contributed by atoms with Crippen molar-refractivity contribution in [2.24, 2.45) is 0 Å². The van der Waals surface area contributed by atoms with Gasteiger partial charge in [0.25, 0.3) is 0 Å². The molecule has 2 rings (SSSR count). The molecule has 0 unspecified atom stereocenters. The fraction of sp³-hybridized carbons (Fsp3) is 0.591. The zero-order valence-corrected chi connectivity index (χ0v) is 16.9. The number of amides is 2. The molecule has 0 aromatic heterocycles. The van der Waals surface area contributed by atoms with Gasteiger partial charge in [0, 0.05) is 19.4 Å². The summed E-state index contributed by atoms with van der Waals surface area (Å²) >= 11 is 0. The number of hydrogen-bond acceptors (Lipinski definition) is 3. The van der Waals surface area contributed by atoms with Crippen LogP contribution < -0.4 is 5.32 Å². The van der Waals surface area contributed by atoms with E-state index in [-0.39, 0.29) is 18.2 Å². The van der Waals surface area contributed by atoms with Crippen LogP contribution in [0.2, 0.25) is 0 Å². The molecule has 2 N–H and O–H groups in total. The Hall–Kier alpha value is -2.37. The smallest absolute Gasteiger partial charge is 0.326 e. The van der Waals surface area contributed by atoms with Crippen LogP contribution in [-0.4, -0.2) is 45.9 Å². The van der Waals surface area contributed by atoms with Crippen molar-refractivity contribution >= 4 is 17.8 Å². The molecular weight excluding hydrogens is 356 g/mol. The van der Waals surface area contributed by atoms with Gasteiger partial charge in [-0.3, -0.25) is 9.59 Å². The first-order valence-corrected chi connectivity index (χ1v) is 10.3. The van der Waals surface area contributed by atoms with Gasteiger partial charge in [-0.05, 0) is 25.3 Å². The van der Waals surface area contributed by atoms with Gasteiger partial charge in [0.1, 0.15) is 11.6 Å². The van der Waals surface area contributed by atoms with Gasteiger partial charge < -0.3 is 15.3 Å². The number of likely N-dealkylation sites (tertiary alicyclic amines) is 1. The van der Waals surface area contributed by atoms with Crippen molar-refractivity contribution in [2.75, 3.05) is 6.54 Å². The van der Waals surface area contributed by atoms with Gasteiger partial charge in [0.15, 0.2) is 0 Å². The van der Waals surface area contributed by atoms with Crippen LogP contribution in [0.25, 0.3) is 0 Å². The van der Waals surface area contributed by atoms with Gasteiger partial charge in [-0.2, -0.15) is 0 Å². The molecule has 0 saturated carbocycles. The van der Waals surface area contributed by atoms with E-state index in [1.54, 1.807) is 6.92 Å². The van der Waals surface area contributed by atoms with Gasteiger partial charge in [0.05, 0.1) is 0 Å². The predicted octanol–water partition coefficient (Wildman–Crippen LogP) is 3.15. The molecule has 6 heteroatoms. The topological polar surface area (TPSA) is 86.7 Å². The molecule has 28 heavy (non-hydrogen) atoms. The van der Waals surface area contributed by atoms with Crippen molar-refractivity contribution in [1.29, 1.82) is 0 Å². The van der Waals surface area contributed by atoms with Crippen molar-refractivity contribution in [3.05, 3.63) is 35.9 Å². The molecule has 1 aromatic carbocycles. The molecule has 1 saturated heterocycles. The van der Waals surface area contributed by atoms with Gasteiger partial charge in [-0.15, -0.1) is 0 Å². The maximum absolute atomic E-state index is 13.0. The Labute approximate surface area is 167 Å². The molecule has 1 aliphatic heterocycles. The van der Waals surface area contributed by atoms with Crippen LogP contribution in [0.4, 0.5) is 0 Å². The van der Waals surface area contributed by atoms with E-state index < -0.39 is 17.6 Å². The Bertz CT molecular complexity index is 676. The second-order valence-corrected chi connectivity index (χ2v) is 7.84. The van der Waals surface area contributed by atoms with Crippen molar-refractivity contribution in [2.45, 2.75) is 76.8 Å². The number of unbranched alkanes of at least 4 members (excludes halogenated alkanes) is 4. The average Bonchev–Trinajstić information content (AvgIpc) is 2.95. The highest BCUT2D eigenvalue weighted by Gasteiger charge is 2.47. The van der Waals surface area contributed by atoms with E-state index in [4.69, 9.17) is 0 Å². The zero-order chi connectivity index (χ0) is 20.6. The Morgan fingerprint density at radius 3 is 2.50 bits per heavy atom. The highest BCUT2D eigenvalue weighted by atomic mass is 16.4. The molecule has 1 fully saturated rings. The third-order valence-electron chi connectivity index (χ3n) is 5.44. The lowest BCUT2D eigenvalue weighted by Crippen LogP contribution is -2.54. The van der Waals surface area contributed by atoms with Crippen LogP contribution in [-0.2, 0) is 20.8 Å². The second kappa shape index (κ2) is 10.2. The fourth-order valence-electron chi connectivity index (χ4n) is 3.71. The van der Waals surface area contributed by atoms with Gasteiger partial charge in [-0.1, -0.05) is 62.9 Å². The first kappa shape index (κ1) is 21.9. The molecular formula is C22H32N2O4. The molecule has 0 spiro atoms. The molecule has 0 bridgehead atoms. The summed E-state index contributed by atoms with van der Waals surface area (Å²) in [7, 11) is 0. The molecule has 2 atom stereocenters. The maximum atomic E-state index is 13.0. The summed E-state index contributed by atoms with van der Waals surface area (Å²) in [5.41, 5.74) is -0.155. The SMILES string of the molecule is CCCCCCCC(=O)N[C@@]1(C)CCN([C@@H](Cc2ccccc2)C(=O)O)C1=O. The van der Waals surface area contributed by atoms with E-state index in [9.17, 15) is 19.5 Å². The maximum Gasteiger partial charge on any atom is 0.326 e. The Morgan fingerprint density at radius 2 is 1.86 bits per heavy atom. The molecule has 0 aliphatic carbocycles. The van der Waals surface area contributed by atoms with Crippen LogP contribution in [0.3, 0.4) is 0 Å². The van der Waals surface area contributed by atoms with Crippen molar-refractivity contribution in [1.82, 2.24) is 10.2 Å². The quantitative estimate of drug-likeness (QED) is 0.570. The number of rotatable bonds is 11. The third-order valence-corrected chi connectivity index (χ3v) is 5.44. The number of nitrogens with one attached hydrogen (secondary N) is 1. The minimum atomic E-state index is -1.02. The Balaban J connectivity index is 1.95. The minimum Gasteiger partial charge on any atom is -0.480 e. The molecule has 2 amide bonds. The minimum absolute atomic E-state index is 0.135. The number of hydrogen-bond donors (Lipinski definition) is 2. The molecule has 0 radical (unpaired) electrons. The Morgan fingerprint density at radius 1 is 1.18 bits per heavy atom. The van der Waals surface area contributed by atoms with Crippen molar-refractivity contribution in [3.8, 4) is 0 Å². The number of aliphatic carboxylic acids is 1.